The molecule has 3 atom stereocenters. The van der Waals surface area contributed by atoms with Crippen LogP contribution in [0.5, 0.6) is 0 Å². The molecule has 0 bridgehead atoms. The Bertz CT molecular complexity index is 271. The number of rotatable bonds is 7. The molecule has 1 saturated carbocycles. The van der Waals surface area contributed by atoms with Crippen molar-refractivity contribution in [3.63, 3.8) is 0 Å². The van der Waals surface area contributed by atoms with E-state index in [1.54, 1.807) is 0 Å². The molecule has 1 N–H and O–H groups in total. The Morgan fingerprint density at radius 3 is 2.57 bits per heavy atom. The van der Waals surface area contributed by atoms with Crippen molar-refractivity contribution < 1.29 is 0 Å². The van der Waals surface area contributed by atoms with Gasteiger partial charge in [-0.3, -0.25) is 4.90 Å². The Labute approximate surface area is 133 Å². The molecule has 21 heavy (non-hydrogen) atoms. The Morgan fingerprint density at radius 1 is 1.05 bits per heavy atom. The lowest BCUT2D eigenvalue weighted by atomic mass is 9.89. The van der Waals surface area contributed by atoms with Crippen LogP contribution in [-0.4, -0.2) is 36.6 Å². The van der Waals surface area contributed by atoms with E-state index in [2.05, 4.69) is 31.0 Å². The summed E-state index contributed by atoms with van der Waals surface area (Å²) >= 11 is 0. The maximum absolute atomic E-state index is 3.70. The summed E-state index contributed by atoms with van der Waals surface area (Å²) < 4.78 is 0. The number of unbranched alkanes of at least 4 members (excludes halogenated alkanes) is 1. The molecule has 0 amide bonds. The fourth-order valence-corrected chi connectivity index (χ4v) is 4.32. The zero-order valence-corrected chi connectivity index (χ0v) is 14.7. The van der Waals surface area contributed by atoms with Gasteiger partial charge in [0.2, 0.25) is 0 Å². The van der Waals surface area contributed by atoms with Gasteiger partial charge in [-0.1, -0.05) is 40.0 Å². The van der Waals surface area contributed by atoms with E-state index in [-0.39, 0.29) is 0 Å². The van der Waals surface area contributed by atoms with Gasteiger partial charge in [0, 0.05) is 18.6 Å². The van der Waals surface area contributed by atoms with Gasteiger partial charge >= 0.3 is 0 Å². The highest BCUT2D eigenvalue weighted by Crippen LogP contribution is 2.31. The molecule has 0 spiro atoms. The van der Waals surface area contributed by atoms with E-state index >= 15 is 0 Å². The van der Waals surface area contributed by atoms with Gasteiger partial charge in [0.15, 0.2) is 0 Å². The molecular weight excluding hydrogens is 256 g/mol. The van der Waals surface area contributed by atoms with Crippen molar-refractivity contribution in [2.24, 2.45) is 11.8 Å². The number of nitrogens with zero attached hydrogens (tertiary/aromatic N) is 1. The standard InChI is InChI=1S/C19H38N2/c1-4-5-14-21(15-18-9-7-13-20-18)19-10-6-8-17(11-12-19)16(2)3/h16-20H,4-15H2,1-3H3. The predicted octanol–water partition coefficient (Wildman–Crippen LogP) is 4.45. The summed E-state index contributed by atoms with van der Waals surface area (Å²) in [7, 11) is 0. The largest absolute Gasteiger partial charge is 0.313 e. The highest BCUT2D eigenvalue weighted by atomic mass is 15.2. The van der Waals surface area contributed by atoms with Crippen molar-refractivity contribution in [2.75, 3.05) is 19.6 Å². The van der Waals surface area contributed by atoms with Crippen LogP contribution < -0.4 is 5.32 Å². The molecule has 1 aliphatic heterocycles. The molecule has 2 fully saturated rings. The normalized spacial score (nSPS) is 31.0. The maximum atomic E-state index is 3.70. The second kappa shape index (κ2) is 9.15. The van der Waals surface area contributed by atoms with Crippen LogP contribution in [-0.2, 0) is 0 Å². The van der Waals surface area contributed by atoms with Crippen LogP contribution in [0.3, 0.4) is 0 Å². The minimum absolute atomic E-state index is 0.769. The quantitative estimate of drug-likeness (QED) is 0.698. The van der Waals surface area contributed by atoms with Crippen molar-refractivity contribution in [1.29, 1.82) is 0 Å². The van der Waals surface area contributed by atoms with E-state index in [0.717, 1.165) is 23.9 Å². The summed E-state index contributed by atoms with van der Waals surface area (Å²) in [5.41, 5.74) is 0. The zero-order valence-electron chi connectivity index (χ0n) is 14.7. The fourth-order valence-electron chi connectivity index (χ4n) is 4.32. The lowest BCUT2D eigenvalue weighted by Crippen LogP contribution is -2.43. The van der Waals surface area contributed by atoms with Gasteiger partial charge in [-0.25, -0.2) is 0 Å². The first kappa shape index (κ1) is 17.3. The molecule has 0 aromatic carbocycles. The number of nitrogens with one attached hydrogen (secondary N) is 1. The first-order valence-electron chi connectivity index (χ1n) is 9.68. The monoisotopic (exact) mass is 294 g/mol. The smallest absolute Gasteiger partial charge is 0.0195 e. The molecule has 1 aliphatic carbocycles. The fraction of sp³-hybridized carbons (Fsp3) is 1.00. The number of hydrogen-bond acceptors (Lipinski definition) is 2. The van der Waals surface area contributed by atoms with Gasteiger partial charge < -0.3 is 5.32 Å². The highest BCUT2D eigenvalue weighted by molar-refractivity contribution is 4.84. The first-order valence-corrected chi connectivity index (χ1v) is 9.68. The van der Waals surface area contributed by atoms with Crippen molar-refractivity contribution >= 4 is 0 Å². The third-order valence-corrected chi connectivity index (χ3v) is 5.86. The minimum atomic E-state index is 0.769. The van der Waals surface area contributed by atoms with Crippen LogP contribution in [0, 0.1) is 11.8 Å². The Hall–Kier alpha value is -0.0800. The molecule has 124 valence electrons. The lowest BCUT2D eigenvalue weighted by molar-refractivity contribution is 0.159. The van der Waals surface area contributed by atoms with Gasteiger partial charge in [0.1, 0.15) is 0 Å². The molecule has 2 nitrogen and oxygen atoms in total. The summed E-state index contributed by atoms with van der Waals surface area (Å²) in [5.74, 6) is 1.86. The molecule has 0 radical (unpaired) electrons. The van der Waals surface area contributed by atoms with Gasteiger partial charge in [-0.2, -0.15) is 0 Å². The molecule has 1 heterocycles. The van der Waals surface area contributed by atoms with Gasteiger partial charge in [0.25, 0.3) is 0 Å². The van der Waals surface area contributed by atoms with Crippen LogP contribution in [0.15, 0.2) is 0 Å². The average molecular weight is 295 g/mol. The maximum Gasteiger partial charge on any atom is 0.0195 e. The molecule has 2 heteroatoms. The van der Waals surface area contributed by atoms with E-state index in [1.807, 2.05) is 0 Å². The minimum Gasteiger partial charge on any atom is -0.313 e. The second-order valence-corrected chi connectivity index (χ2v) is 7.81. The Morgan fingerprint density at radius 2 is 1.90 bits per heavy atom. The predicted molar refractivity (Wildman–Crippen MR) is 92.7 cm³/mol. The summed E-state index contributed by atoms with van der Waals surface area (Å²) in [6.07, 6.45) is 12.7. The van der Waals surface area contributed by atoms with Crippen molar-refractivity contribution in [1.82, 2.24) is 10.2 Å². The van der Waals surface area contributed by atoms with E-state index in [9.17, 15) is 0 Å². The Balaban J connectivity index is 1.88. The Kier molecular flexibility index (Phi) is 7.53. The van der Waals surface area contributed by atoms with Crippen molar-refractivity contribution in [3.05, 3.63) is 0 Å². The van der Waals surface area contributed by atoms with Crippen LogP contribution in [0.25, 0.3) is 0 Å². The molecule has 3 unspecified atom stereocenters. The number of hydrogen-bond donors (Lipinski definition) is 1. The lowest BCUT2D eigenvalue weighted by Gasteiger charge is -2.33. The van der Waals surface area contributed by atoms with E-state index in [4.69, 9.17) is 0 Å². The van der Waals surface area contributed by atoms with Crippen LogP contribution in [0.1, 0.15) is 78.6 Å². The summed E-state index contributed by atoms with van der Waals surface area (Å²) in [5, 5.41) is 3.70. The molecule has 2 rings (SSSR count). The van der Waals surface area contributed by atoms with Crippen LogP contribution >= 0.6 is 0 Å². The first-order chi connectivity index (χ1) is 10.2. The molecule has 0 aromatic rings. The van der Waals surface area contributed by atoms with E-state index < -0.39 is 0 Å². The summed E-state index contributed by atoms with van der Waals surface area (Å²) in [6.45, 7) is 11.0. The van der Waals surface area contributed by atoms with E-state index in [1.165, 1.54) is 77.4 Å². The van der Waals surface area contributed by atoms with Crippen molar-refractivity contribution in [3.8, 4) is 0 Å². The highest BCUT2D eigenvalue weighted by Gasteiger charge is 2.27. The van der Waals surface area contributed by atoms with Crippen LogP contribution in [0.2, 0.25) is 0 Å². The third kappa shape index (κ3) is 5.56. The summed E-state index contributed by atoms with van der Waals surface area (Å²) in [6, 6.07) is 1.63. The van der Waals surface area contributed by atoms with Gasteiger partial charge in [-0.05, 0) is 63.5 Å². The third-order valence-electron chi connectivity index (χ3n) is 5.86. The molecular formula is C19H38N2. The summed E-state index contributed by atoms with van der Waals surface area (Å²) in [4.78, 5) is 2.86. The molecule has 1 saturated heterocycles. The van der Waals surface area contributed by atoms with Gasteiger partial charge in [-0.15, -0.1) is 0 Å². The van der Waals surface area contributed by atoms with Gasteiger partial charge in [0.05, 0.1) is 0 Å². The SMILES string of the molecule is CCCCN(CC1CCCN1)C1CCCC(C(C)C)CC1. The zero-order chi connectivity index (χ0) is 15.1. The van der Waals surface area contributed by atoms with Crippen LogP contribution in [0.4, 0.5) is 0 Å². The second-order valence-electron chi connectivity index (χ2n) is 7.81. The van der Waals surface area contributed by atoms with Crippen molar-refractivity contribution in [2.45, 2.75) is 90.6 Å². The molecule has 2 aliphatic rings. The average Bonchev–Trinajstić information content (AvgIpc) is 2.85. The topological polar surface area (TPSA) is 15.3 Å². The molecule has 0 aromatic heterocycles. The van der Waals surface area contributed by atoms with E-state index in [0.29, 0.717) is 0 Å².